The molecule has 7 nitrogen and oxygen atoms in total. The van der Waals surface area contributed by atoms with Gasteiger partial charge in [-0.05, 0) is 62.1 Å². The highest BCUT2D eigenvalue weighted by atomic mass is 32.2. The van der Waals surface area contributed by atoms with Crippen molar-refractivity contribution in [2.75, 3.05) is 13.2 Å². The maximum Gasteiger partial charge on any atom is 0.338 e. The Hall–Kier alpha value is -3.23. The normalized spacial score (nSPS) is 13.9. The van der Waals surface area contributed by atoms with Gasteiger partial charge in [0.15, 0.2) is 6.61 Å². The molecular formula is C27H30N2O5S. The number of ketones is 1. The maximum atomic E-state index is 13.3. The predicted molar refractivity (Wildman–Crippen MR) is 133 cm³/mol. The van der Waals surface area contributed by atoms with E-state index < -0.39 is 22.6 Å². The van der Waals surface area contributed by atoms with Crippen LogP contribution in [0.15, 0.2) is 59.5 Å². The first-order chi connectivity index (χ1) is 16.7. The summed E-state index contributed by atoms with van der Waals surface area (Å²) in [7, 11) is -3.79. The van der Waals surface area contributed by atoms with E-state index in [0.717, 1.165) is 35.5 Å². The number of ether oxygens (including phenoxy) is 1. The number of hydrogen-bond acceptors (Lipinski definition) is 5. The molecule has 1 aliphatic rings. The van der Waals surface area contributed by atoms with Crippen molar-refractivity contribution in [2.24, 2.45) is 0 Å². The molecule has 0 saturated heterocycles. The molecule has 1 aromatic heterocycles. The van der Waals surface area contributed by atoms with Crippen molar-refractivity contribution in [3.63, 3.8) is 0 Å². The van der Waals surface area contributed by atoms with Crippen LogP contribution in [0.25, 0.3) is 0 Å². The molecule has 1 aliphatic heterocycles. The minimum Gasteiger partial charge on any atom is -0.454 e. The van der Waals surface area contributed by atoms with Crippen molar-refractivity contribution >= 4 is 21.8 Å². The summed E-state index contributed by atoms with van der Waals surface area (Å²) in [5.74, 6) is -1.02. The van der Waals surface area contributed by atoms with E-state index in [2.05, 4.69) is 11.5 Å². The molecule has 184 valence electrons. The first-order valence-corrected chi connectivity index (χ1v) is 13.2. The van der Waals surface area contributed by atoms with E-state index in [1.165, 1.54) is 28.6 Å². The third-order valence-corrected chi connectivity index (χ3v) is 8.30. The Labute approximate surface area is 206 Å². The van der Waals surface area contributed by atoms with E-state index in [0.29, 0.717) is 18.5 Å². The highest BCUT2D eigenvalue weighted by Crippen LogP contribution is 2.25. The fourth-order valence-electron chi connectivity index (χ4n) is 4.55. The van der Waals surface area contributed by atoms with Gasteiger partial charge in [0, 0.05) is 36.6 Å². The van der Waals surface area contributed by atoms with Gasteiger partial charge >= 0.3 is 5.97 Å². The van der Waals surface area contributed by atoms with Gasteiger partial charge in [-0.2, -0.15) is 4.31 Å². The molecule has 0 unspecified atom stereocenters. The van der Waals surface area contributed by atoms with Crippen LogP contribution in [0.4, 0.5) is 0 Å². The predicted octanol–water partition coefficient (Wildman–Crippen LogP) is 4.30. The molecule has 0 bridgehead atoms. The lowest BCUT2D eigenvalue weighted by atomic mass is 10.0. The zero-order valence-corrected chi connectivity index (χ0v) is 21.1. The first kappa shape index (κ1) is 24.9. The summed E-state index contributed by atoms with van der Waals surface area (Å²) in [4.78, 5) is 25.4. The van der Waals surface area contributed by atoms with Crippen LogP contribution in [0.3, 0.4) is 0 Å². The number of sulfonamides is 1. The topological polar surface area (TPSA) is 85.7 Å². The van der Waals surface area contributed by atoms with Crippen molar-refractivity contribution in [2.45, 2.75) is 51.6 Å². The molecule has 0 radical (unpaired) electrons. The summed E-state index contributed by atoms with van der Waals surface area (Å²) in [6, 6.07) is 15.4. The Morgan fingerprint density at radius 2 is 1.74 bits per heavy atom. The van der Waals surface area contributed by atoms with Crippen LogP contribution in [0.5, 0.6) is 0 Å². The summed E-state index contributed by atoms with van der Waals surface area (Å²) in [6.45, 7) is 6.96. The lowest BCUT2D eigenvalue weighted by molar-refractivity contribution is 0.0474. The molecule has 0 fully saturated rings. The molecule has 0 aliphatic carbocycles. The largest absolute Gasteiger partial charge is 0.454 e. The van der Waals surface area contributed by atoms with E-state index in [1.807, 2.05) is 44.2 Å². The van der Waals surface area contributed by atoms with Crippen molar-refractivity contribution in [1.29, 1.82) is 0 Å². The van der Waals surface area contributed by atoms with E-state index in [9.17, 15) is 18.0 Å². The average Bonchev–Trinajstić information content (AvgIpc) is 3.15. The van der Waals surface area contributed by atoms with Crippen LogP contribution in [0, 0.1) is 13.8 Å². The first-order valence-electron chi connectivity index (χ1n) is 11.8. The number of Topliss-reactive ketones (excluding diaryl/α,β-unsaturated/α-hetero) is 1. The quantitative estimate of drug-likeness (QED) is 0.344. The number of aryl methyl sites for hydroxylation is 1. The van der Waals surface area contributed by atoms with Crippen LogP contribution in [0.2, 0.25) is 0 Å². The van der Waals surface area contributed by atoms with Gasteiger partial charge in [-0.3, -0.25) is 4.79 Å². The molecule has 0 atom stereocenters. The highest BCUT2D eigenvalue weighted by Gasteiger charge is 2.29. The number of carbonyl (C=O) groups is 2. The van der Waals surface area contributed by atoms with Crippen molar-refractivity contribution in [1.82, 2.24) is 8.87 Å². The fraction of sp³-hybridized carbons (Fsp3) is 0.333. The van der Waals surface area contributed by atoms with Crippen molar-refractivity contribution in [3.8, 4) is 0 Å². The molecule has 2 heterocycles. The van der Waals surface area contributed by atoms with Crippen molar-refractivity contribution in [3.05, 3.63) is 88.2 Å². The Bertz CT molecular complexity index is 1370. The molecule has 2 aromatic carbocycles. The number of rotatable bonds is 8. The average molecular weight is 495 g/mol. The van der Waals surface area contributed by atoms with E-state index in [1.54, 1.807) is 0 Å². The van der Waals surface area contributed by atoms with Gasteiger partial charge in [0.05, 0.1) is 10.5 Å². The lowest BCUT2D eigenvalue weighted by Crippen LogP contribution is -2.36. The van der Waals surface area contributed by atoms with Gasteiger partial charge in [0.25, 0.3) is 0 Å². The number of hydrogen-bond donors (Lipinski definition) is 0. The fourth-order valence-corrected chi connectivity index (χ4v) is 6.02. The van der Waals surface area contributed by atoms with Gasteiger partial charge < -0.3 is 9.30 Å². The molecule has 4 rings (SSSR count). The van der Waals surface area contributed by atoms with Crippen LogP contribution < -0.4 is 0 Å². The molecule has 8 heteroatoms. The second kappa shape index (κ2) is 10.2. The van der Waals surface area contributed by atoms with Crippen LogP contribution >= 0.6 is 0 Å². The second-order valence-electron chi connectivity index (χ2n) is 8.82. The molecule has 35 heavy (non-hydrogen) atoms. The molecule has 0 amide bonds. The number of carbonyl (C=O) groups excluding carboxylic acids is 2. The smallest absolute Gasteiger partial charge is 0.338 e. The Kier molecular flexibility index (Phi) is 7.23. The number of benzene rings is 2. The number of aromatic nitrogens is 1. The zero-order chi connectivity index (χ0) is 25.2. The maximum absolute atomic E-state index is 13.3. The second-order valence-corrected chi connectivity index (χ2v) is 10.8. The van der Waals surface area contributed by atoms with Crippen LogP contribution in [-0.2, 0) is 34.3 Å². The molecule has 0 N–H and O–H groups in total. The summed E-state index contributed by atoms with van der Waals surface area (Å²) < 4.78 is 35.3. The van der Waals surface area contributed by atoms with Crippen LogP contribution in [-0.4, -0.2) is 42.2 Å². The van der Waals surface area contributed by atoms with E-state index in [-0.39, 0.29) is 22.8 Å². The molecule has 3 aromatic rings. The SMILES string of the molecule is CCCn1c(C)cc(C(=O)COC(=O)c2cccc(S(=O)(=O)N3CCc4ccccc4C3)c2)c1C. The Morgan fingerprint density at radius 1 is 1.00 bits per heavy atom. The Balaban J connectivity index is 1.46. The van der Waals surface area contributed by atoms with E-state index >= 15 is 0 Å². The zero-order valence-electron chi connectivity index (χ0n) is 20.3. The monoisotopic (exact) mass is 494 g/mol. The lowest BCUT2D eigenvalue weighted by Gasteiger charge is -2.28. The third-order valence-electron chi connectivity index (χ3n) is 6.46. The van der Waals surface area contributed by atoms with Crippen LogP contribution in [0.1, 0.15) is 56.6 Å². The molecule has 0 spiro atoms. The summed E-state index contributed by atoms with van der Waals surface area (Å²) >= 11 is 0. The van der Waals surface area contributed by atoms with Crippen molar-refractivity contribution < 1.29 is 22.7 Å². The summed E-state index contributed by atoms with van der Waals surface area (Å²) in [5.41, 5.74) is 4.59. The number of fused-ring (bicyclic) bond motifs is 1. The standard InChI is InChI=1S/C27H30N2O5S/c1-4-13-29-19(2)15-25(20(29)3)26(30)18-34-27(31)22-10-7-11-24(16-22)35(32,33)28-14-12-21-8-5-6-9-23(21)17-28/h5-11,15-16H,4,12-14,17-18H2,1-3H3. The van der Waals surface area contributed by atoms with Gasteiger partial charge in [0.2, 0.25) is 15.8 Å². The number of esters is 1. The van der Waals surface area contributed by atoms with E-state index in [4.69, 9.17) is 4.74 Å². The van der Waals surface area contributed by atoms with Gasteiger partial charge in [-0.15, -0.1) is 0 Å². The van der Waals surface area contributed by atoms with Gasteiger partial charge in [0.1, 0.15) is 0 Å². The molecule has 0 saturated carbocycles. The summed E-state index contributed by atoms with van der Waals surface area (Å²) in [6.07, 6.45) is 1.58. The molecular weight excluding hydrogens is 464 g/mol. The Morgan fingerprint density at radius 3 is 2.49 bits per heavy atom. The third kappa shape index (κ3) is 5.09. The highest BCUT2D eigenvalue weighted by molar-refractivity contribution is 7.89. The van der Waals surface area contributed by atoms with Gasteiger partial charge in [-0.25, -0.2) is 13.2 Å². The summed E-state index contributed by atoms with van der Waals surface area (Å²) in [5, 5.41) is 0. The minimum absolute atomic E-state index is 0.0285. The number of nitrogens with zero attached hydrogens (tertiary/aromatic N) is 2. The van der Waals surface area contributed by atoms with Gasteiger partial charge in [-0.1, -0.05) is 37.3 Å². The minimum atomic E-state index is -3.79.